The number of piperidine rings is 1. The Morgan fingerprint density at radius 2 is 2.00 bits per heavy atom. The van der Waals surface area contributed by atoms with Crippen LogP contribution in [-0.4, -0.2) is 40.4 Å². The zero-order valence-corrected chi connectivity index (χ0v) is 14.1. The van der Waals surface area contributed by atoms with Crippen LogP contribution in [0.5, 0.6) is 0 Å². The monoisotopic (exact) mass is 324 g/mol. The third kappa shape index (κ3) is 4.31. The van der Waals surface area contributed by atoms with E-state index in [1.165, 1.54) is 12.0 Å². The molecular weight excluding hydrogens is 300 g/mol. The number of hydrogen-bond acceptors (Lipinski definition) is 4. The fourth-order valence-corrected chi connectivity index (χ4v) is 3.05. The van der Waals surface area contributed by atoms with Gasteiger partial charge in [-0.15, -0.1) is 0 Å². The Morgan fingerprint density at radius 3 is 2.71 bits per heavy atom. The highest BCUT2D eigenvalue weighted by molar-refractivity contribution is 5.93. The Bertz CT molecular complexity index is 657. The van der Waals surface area contributed by atoms with Gasteiger partial charge < -0.3 is 10.2 Å². The quantitative estimate of drug-likeness (QED) is 0.918. The third-order valence-electron chi connectivity index (χ3n) is 4.38. The lowest BCUT2D eigenvalue weighted by molar-refractivity contribution is 0.0682. The molecule has 1 aliphatic heterocycles. The Labute approximate surface area is 143 Å². The molecule has 1 aromatic heterocycles. The van der Waals surface area contributed by atoms with Gasteiger partial charge >= 0.3 is 0 Å². The second-order valence-corrected chi connectivity index (χ2v) is 6.46. The molecule has 1 saturated heterocycles. The van der Waals surface area contributed by atoms with Crippen LogP contribution >= 0.6 is 0 Å². The Hall–Kier alpha value is -2.43. The maximum Gasteiger partial charge on any atom is 0.257 e. The number of anilines is 1. The van der Waals surface area contributed by atoms with Crippen molar-refractivity contribution in [2.45, 2.75) is 26.2 Å². The van der Waals surface area contributed by atoms with Crippen LogP contribution in [-0.2, 0) is 6.42 Å². The first kappa shape index (κ1) is 16.4. The summed E-state index contributed by atoms with van der Waals surface area (Å²) >= 11 is 0. The van der Waals surface area contributed by atoms with Crippen LogP contribution in [0, 0.1) is 5.92 Å². The van der Waals surface area contributed by atoms with Gasteiger partial charge in [0.1, 0.15) is 0 Å². The first-order valence-electron chi connectivity index (χ1n) is 8.61. The van der Waals surface area contributed by atoms with E-state index in [0.29, 0.717) is 17.4 Å². The molecule has 0 spiro atoms. The minimum atomic E-state index is 0.0392. The predicted molar refractivity (Wildman–Crippen MR) is 95.0 cm³/mol. The zero-order chi connectivity index (χ0) is 16.8. The van der Waals surface area contributed by atoms with E-state index in [2.05, 4.69) is 34.3 Å². The van der Waals surface area contributed by atoms with E-state index in [-0.39, 0.29) is 5.91 Å². The largest absolute Gasteiger partial charge is 0.354 e. The van der Waals surface area contributed by atoms with E-state index in [1.807, 2.05) is 23.1 Å². The summed E-state index contributed by atoms with van der Waals surface area (Å²) in [5, 5.41) is 3.20. The first-order chi connectivity index (χ1) is 11.7. The SMILES string of the molecule is CC1CCCN(C(=O)c2cnc(NCCc3ccccc3)nc2)C1. The van der Waals surface area contributed by atoms with Crippen molar-refractivity contribution in [2.24, 2.45) is 5.92 Å². The van der Waals surface area contributed by atoms with Crippen molar-refractivity contribution in [1.29, 1.82) is 0 Å². The maximum atomic E-state index is 12.5. The van der Waals surface area contributed by atoms with E-state index in [1.54, 1.807) is 12.4 Å². The van der Waals surface area contributed by atoms with Crippen molar-refractivity contribution in [2.75, 3.05) is 25.0 Å². The fraction of sp³-hybridized carbons (Fsp3) is 0.421. The van der Waals surface area contributed by atoms with Crippen molar-refractivity contribution >= 4 is 11.9 Å². The number of nitrogens with one attached hydrogen (secondary N) is 1. The molecule has 5 heteroatoms. The van der Waals surface area contributed by atoms with Crippen LogP contribution in [0.2, 0.25) is 0 Å². The van der Waals surface area contributed by atoms with Crippen molar-refractivity contribution in [3.05, 3.63) is 53.9 Å². The first-order valence-corrected chi connectivity index (χ1v) is 8.61. The second kappa shape index (κ2) is 7.90. The number of aromatic nitrogens is 2. The molecule has 126 valence electrons. The van der Waals surface area contributed by atoms with Gasteiger partial charge in [-0.25, -0.2) is 9.97 Å². The van der Waals surface area contributed by atoms with Crippen LogP contribution in [0.15, 0.2) is 42.7 Å². The lowest BCUT2D eigenvalue weighted by atomic mass is 10.00. The van der Waals surface area contributed by atoms with Crippen molar-refractivity contribution in [1.82, 2.24) is 14.9 Å². The predicted octanol–water partition coefficient (Wildman–Crippen LogP) is 3.00. The number of carbonyl (C=O) groups excluding carboxylic acids is 1. The third-order valence-corrected chi connectivity index (χ3v) is 4.38. The number of carbonyl (C=O) groups is 1. The molecule has 1 amide bonds. The molecule has 1 N–H and O–H groups in total. The molecule has 0 saturated carbocycles. The highest BCUT2D eigenvalue weighted by atomic mass is 16.2. The smallest absolute Gasteiger partial charge is 0.257 e. The molecule has 2 heterocycles. The summed E-state index contributed by atoms with van der Waals surface area (Å²) in [6.45, 7) is 4.62. The molecule has 1 fully saturated rings. The zero-order valence-electron chi connectivity index (χ0n) is 14.1. The number of amides is 1. The standard InChI is InChI=1S/C19H24N4O/c1-15-6-5-11-23(14-15)18(24)17-12-21-19(22-13-17)20-10-9-16-7-3-2-4-8-16/h2-4,7-8,12-13,15H,5-6,9-11,14H2,1H3,(H,20,21,22). The van der Waals surface area contributed by atoms with Gasteiger partial charge in [0.2, 0.25) is 5.95 Å². The van der Waals surface area contributed by atoms with E-state index < -0.39 is 0 Å². The molecular formula is C19H24N4O. The van der Waals surface area contributed by atoms with Gasteiger partial charge in [-0.2, -0.15) is 0 Å². The van der Waals surface area contributed by atoms with Gasteiger partial charge in [0.05, 0.1) is 5.56 Å². The average molecular weight is 324 g/mol. The van der Waals surface area contributed by atoms with E-state index in [4.69, 9.17) is 0 Å². The van der Waals surface area contributed by atoms with Crippen LogP contribution in [0.25, 0.3) is 0 Å². The Morgan fingerprint density at radius 1 is 1.25 bits per heavy atom. The molecule has 1 atom stereocenters. The van der Waals surface area contributed by atoms with Crippen LogP contribution in [0.4, 0.5) is 5.95 Å². The molecule has 24 heavy (non-hydrogen) atoms. The van der Waals surface area contributed by atoms with Gasteiger partial charge in [0.15, 0.2) is 0 Å². The molecule has 3 rings (SSSR count). The summed E-state index contributed by atoms with van der Waals surface area (Å²) in [5.41, 5.74) is 1.84. The minimum absolute atomic E-state index is 0.0392. The summed E-state index contributed by atoms with van der Waals surface area (Å²) in [6, 6.07) is 10.3. The number of hydrogen-bond donors (Lipinski definition) is 1. The van der Waals surface area contributed by atoms with Gasteiger partial charge in [-0.1, -0.05) is 37.3 Å². The molecule has 2 aromatic rings. The van der Waals surface area contributed by atoms with E-state index >= 15 is 0 Å². The highest BCUT2D eigenvalue weighted by Gasteiger charge is 2.22. The van der Waals surface area contributed by atoms with Gasteiger partial charge in [-0.3, -0.25) is 4.79 Å². The maximum absolute atomic E-state index is 12.5. The second-order valence-electron chi connectivity index (χ2n) is 6.46. The van der Waals surface area contributed by atoms with Crippen LogP contribution in [0.3, 0.4) is 0 Å². The molecule has 0 bridgehead atoms. The number of benzene rings is 1. The number of rotatable bonds is 5. The van der Waals surface area contributed by atoms with Crippen LogP contribution in [0.1, 0.15) is 35.7 Å². The molecule has 0 aliphatic carbocycles. The van der Waals surface area contributed by atoms with Gasteiger partial charge in [-0.05, 0) is 30.7 Å². The number of likely N-dealkylation sites (tertiary alicyclic amines) is 1. The van der Waals surface area contributed by atoms with Crippen molar-refractivity contribution in [3.8, 4) is 0 Å². The summed E-state index contributed by atoms with van der Waals surface area (Å²) in [4.78, 5) is 22.9. The molecule has 1 unspecified atom stereocenters. The summed E-state index contributed by atoms with van der Waals surface area (Å²) in [5.74, 6) is 1.18. The normalized spacial score (nSPS) is 17.5. The summed E-state index contributed by atoms with van der Waals surface area (Å²) < 4.78 is 0. The van der Waals surface area contributed by atoms with Crippen molar-refractivity contribution in [3.63, 3.8) is 0 Å². The van der Waals surface area contributed by atoms with Gasteiger partial charge in [0.25, 0.3) is 5.91 Å². The van der Waals surface area contributed by atoms with Crippen molar-refractivity contribution < 1.29 is 4.79 Å². The molecule has 5 nitrogen and oxygen atoms in total. The lowest BCUT2D eigenvalue weighted by Crippen LogP contribution is -2.39. The summed E-state index contributed by atoms with van der Waals surface area (Å²) in [7, 11) is 0. The summed E-state index contributed by atoms with van der Waals surface area (Å²) in [6.07, 6.45) is 6.44. The molecule has 0 radical (unpaired) electrons. The van der Waals surface area contributed by atoms with Gasteiger partial charge in [0, 0.05) is 32.0 Å². The average Bonchev–Trinajstić information content (AvgIpc) is 2.63. The topological polar surface area (TPSA) is 58.1 Å². The lowest BCUT2D eigenvalue weighted by Gasteiger charge is -2.30. The van der Waals surface area contributed by atoms with E-state index in [9.17, 15) is 4.79 Å². The van der Waals surface area contributed by atoms with E-state index in [0.717, 1.165) is 32.5 Å². The number of nitrogens with zero attached hydrogens (tertiary/aromatic N) is 3. The minimum Gasteiger partial charge on any atom is -0.354 e. The fourth-order valence-electron chi connectivity index (χ4n) is 3.05. The van der Waals surface area contributed by atoms with Crippen LogP contribution < -0.4 is 5.32 Å². The molecule has 1 aliphatic rings. The molecule has 1 aromatic carbocycles. The highest BCUT2D eigenvalue weighted by Crippen LogP contribution is 2.17. The Balaban J connectivity index is 1.52. The Kier molecular flexibility index (Phi) is 5.41.